The molecule has 1 atom stereocenters. The van der Waals surface area contributed by atoms with Crippen LogP contribution in [0.3, 0.4) is 0 Å². The highest BCUT2D eigenvalue weighted by molar-refractivity contribution is 7.99. The Morgan fingerprint density at radius 3 is 3.00 bits per heavy atom. The molecule has 1 saturated heterocycles. The summed E-state index contributed by atoms with van der Waals surface area (Å²) < 4.78 is 0. The summed E-state index contributed by atoms with van der Waals surface area (Å²) in [6.45, 7) is 0.776. The zero-order chi connectivity index (χ0) is 10.5. The van der Waals surface area contributed by atoms with Gasteiger partial charge in [-0.25, -0.2) is 0 Å². The van der Waals surface area contributed by atoms with Crippen molar-refractivity contribution in [2.75, 3.05) is 11.5 Å². The first kappa shape index (κ1) is 10.8. The lowest BCUT2D eigenvalue weighted by Gasteiger charge is -2.22. The average Bonchev–Trinajstić information content (AvgIpc) is 2.29. The molecule has 2 rings (SSSR count). The second-order valence-corrected chi connectivity index (χ2v) is 5.07. The topological polar surface area (TPSA) is 32.3 Å². The summed E-state index contributed by atoms with van der Waals surface area (Å²) in [5.41, 5.74) is 0.994. The smallest absolute Gasteiger partial charge is 0.120 e. The lowest BCUT2D eigenvalue weighted by Crippen LogP contribution is -2.33. The molecule has 2 nitrogen and oxygen atoms in total. The van der Waals surface area contributed by atoms with E-state index in [0.29, 0.717) is 11.8 Å². The number of benzene rings is 1. The van der Waals surface area contributed by atoms with Gasteiger partial charge >= 0.3 is 0 Å². The minimum Gasteiger partial charge on any atom is -0.508 e. The van der Waals surface area contributed by atoms with Crippen LogP contribution in [-0.2, 0) is 6.54 Å². The van der Waals surface area contributed by atoms with E-state index < -0.39 is 0 Å². The number of nitrogens with one attached hydrogen (secondary N) is 1. The minimum absolute atomic E-state index is 0.397. The van der Waals surface area contributed by atoms with E-state index in [2.05, 4.69) is 5.32 Å². The summed E-state index contributed by atoms with van der Waals surface area (Å²) in [4.78, 5) is 0. The fraction of sp³-hybridized carbons (Fsp3) is 0.500. The molecule has 1 fully saturated rings. The number of hydrogen-bond donors (Lipinski definition) is 2. The van der Waals surface area contributed by atoms with Crippen LogP contribution >= 0.6 is 11.8 Å². The van der Waals surface area contributed by atoms with Crippen molar-refractivity contribution in [3.05, 3.63) is 29.8 Å². The van der Waals surface area contributed by atoms with Gasteiger partial charge in [-0.1, -0.05) is 18.2 Å². The predicted molar refractivity (Wildman–Crippen MR) is 65.3 cm³/mol. The van der Waals surface area contributed by atoms with Crippen LogP contribution < -0.4 is 5.32 Å². The van der Waals surface area contributed by atoms with Crippen molar-refractivity contribution < 1.29 is 5.11 Å². The highest BCUT2D eigenvalue weighted by Gasteiger charge is 2.13. The minimum atomic E-state index is 0.397. The Labute approximate surface area is 95.1 Å². The normalized spacial score (nSPS) is 21.5. The van der Waals surface area contributed by atoms with Crippen LogP contribution in [0.25, 0.3) is 0 Å². The van der Waals surface area contributed by atoms with E-state index in [4.69, 9.17) is 0 Å². The Morgan fingerprint density at radius 2 is 2.27 bits per heavy atom. The molecule has 0 bridgehead atoms. The van der Waals surface area contributed by atoms with Crippen molar-refractivity contribution in [1.29, 1.82) is 0 Å². The number of rotatable bonds is 3. The summed E-state index contributed by atoms with van der Waals surface area (Å²) in [6.07, 6.45) is 2.57. The Balaban J connectivity index is 1.84. The van der Waals surface area contributed by atoms with Crippen molar-refractivity contribution >= 4 is 11.8 Å². The van der Waals surface area contributed by atoms with Crippen LogP contribution in [0.1, 0.15) is 18.4 Å². The number of para-hydroxylation sites is 1. The van der Waals surface area contributed by atoms with E-state index in [1.807, 2.05) is 30.0 Å². The average molecular weight is 223 g/mol. The van der Waals surface area contributed by atoms with Gasteiger partial charge in [0.05, 0.1) is 0 Å². The molecule has 82 valence electrons. The van der Waals surface area contributed by atoms with Gasteiger partial charge in [0.25, 0.3) is 0 Å². The van der Waals surface area contributed by atoms with E-state index in [1.165, 1.54) is 24.3 Å². The third-order valence-electron chi connectivity index (χ3n) is 2.73. The molecular formula is C12H17NOS. The van der Waals surface area contributed by atoms with Gasteiger partial charge in [-0.15, -0.1) is 0 Å². The number of thioether (sulfide) groups is 1. The first-order chi connectivity index (χ1) is 7.36. The second-order valence-electron chi connectivity index (χ2n) is 3.92. The zero-order valence-corrected chi connectivity index (χ0v) is 9.59. The number of aromatic hydroxyl groups is 1. The van der Waals surface area contributed by atoms with Crippen molar-refractivity contribution in [1.82, 2.24) is 5.32 Å². The molecule has 1 aromatic carbocycles. The fourth-order valence-electron chi connectivity index (χ4n) is 1.82. The molecule has 0 aliphatic carbocycles. The van der Waals surface area contributed by atoms with Gasteiger partial charge in [0.1, 0.15) is 5.75 Å². The van der Waals surface area contributed by atoms with E-state index >= 15 is 0 Å². The van der Waals surface area contributed by atoms with E-state index in [9.17, 15) is 5.11 Å². The summed E-state index contributed by atoms with van der Waals surface area (Å²) in [7, 11) is 0. The quantitative estimate of drug-likeness (QED) is 0.825. The SMILES string of the molecule is Oc1ccccc1CNC1CCCSC1. The van der Waals surface area contributed by atoms with Gasteiger partial charge in [-0.2, -0.15) is 11.8 Å². The van der Waals surface area contributed by atoms with E-state index in [1.54, 1.807) is 6.07 Å². The first-order valence-corrected chi connectivity index (χ1v) is 6.60. The number of phenols is 1. The highest BCUT2D eigenvalue weighted by Crippen LogP contribution is 2.19. The summed E-state index contributed by atoms with van der Waals surface area (Å²) >= 11 is 2.02. The fourth-order valence-corrected chi connectivity index (χ4v) is 2.92. The van der Waals surface area contributed by atoms with Gasteiger partial charge in [-0.05, 0) is 24.7 Å². The maximum Gasteiger partial charge on any atom is 0.120 e. The molecule has 0 saturated carbocycles. The van der Waals surface area contributed by atoms with Crippen LogP contribution in [0.15, 0.2) is 24.3 Å². The zero-order valence-electron chi connectivity index (χ0n) is 8.78. The Kier molecular flexibility index (Phi) is 3.92. The molecule has 1 aliphatic heterocycles. The number of phenolic OH excluding ortho intramolecular Hbond substituents is 1. The Morgan fingerprint density at radius 1 is 1.40 bits per heavy atom. The van der Waals surface area contributed by atoms with E-state index in [0.717, 1.165) is 12.1 Å². The summed E-state index contributed by atoms with van der Waals surface area (Å²) in [5, 5.41) is 13.1. The van der Waals surface area contributed by atoms with Gasteiger partial charge in [0, 0.05) is 23.9 Å². The first-order valence-electron chi connectivity index (χ1n) is 5.44. The van der Waals surface area contributed by atoms with Crippen LogP contribution in [0.4, 0.5) is 0 Å². The number of hydrogen-bond acceptors (Lipinski definition) is 3. The van der Waals surface area contributed by atoms with Crippen molar-refractivity contribution in [2.45, 2.75) is 25.4 Å². The molecule has 1 unspecified atom stereocenters. The summed E-state index contributed by atoms with van der Waals surface area (Å²) in [6, 6.07) is 8.15. The van der Waals surface area contributed by atoms with Crippen molar-refractivity contribution in [2.24, 2.45) is 0 Å². The molecule has 0 radical (unpaired) electrons. The Bertz CT molecular complexity index is 310. The van der Waals surface area contributed by atoms with Gasteiger partial charge in [0.2, 0.25) is 0 Å². The maximum absolute atomic E-state index is 9.59. The van der Waals surface area contributed by atoms with Crippen molar-refractivity contribution in [3.8, 4) is 5.75 Å². The van der Waals surface area contributed by atoms with E-state index in [-0.39, 0.29) is 0 Å². The lowest BCUT2D eigenvalue weighted by molar-refractivity contribution is 0.454. The van der Waals surface area contributed by atoms with Gasteiger partial charge in [-0.3, -0.25) is 0 Å². The lowest BCUT2D eigenvalue weighted by atomic mass is 10.1. The second kappa shape index (κ2) is 5.42. The van der Waals surface area contributed by atoms with Crippen LogP contribution in [0.5, 0.6) is 5.75 Å². The molecular weight excluding hydrogens is 206 g/mol. The molecule has 0 aromatic heterocycles. The molecule has 1 heterocycles. The summed E-state index contributed by atoms with van der Waals surface area (Å²) in [5.74, 6) is 2.90. The molecule has 1 aliphatic rings. The van der Waals surface area contributed by atoms with Crippen LogP contribution in [-0.4, -0.2) is 22.7 Å². The third kappa shape index (κ3) is 3.14. The maximum atomic E-state index is 9.59. The van der Waals surface area contributed by atoms with Crippen LogP contribution in [0, 0.1) is 0 Å². The molecule has 0 amide bonds. The third-order valence-corrected chi connectivity index (χ3v) is 3.95. The molecule has 15 heavy (non-hydrogen) atoms. The van der Waals surface area contributed by atoms with Gasteiger partial charge < -0.3 is 10.4 Å². The highest BCUT2D eigenvalue weighted by atomic mass is 32.2. The molecule has 1 aromatic rings. The monoisotopic (exact) mass is 223 g/mol. The van der Waals surface area contributed by atoms with Gasteiger partial charge in [0.15, 0.2) is 0 Å². The molecule has 0 spiro atoms. The Hall–Kier alpha value is -0.670. The predicted octanol–water partition coefficient (Wildman–Crippen LogP) is 2.38. The van der Waals surface area contributed by atoms with Crippen LogP contribution in [0.2, 0.25) is 0 Å². The molecule has 3 heteroatoms. The largest absolute Gasteiger partial charge is 0.508 e. The molecule has 2 N–H and O–H groups in total. The van der Waals surface area contributed by atoms with Crippen molar-refractivity contribution in [3.63, 3.8) is 0 Å². The standard InChI is InChI=1S/C12H17NOS/c14-12-6-2-1-4-10(12)8-13-11-5-3-7-15-9-11/h1-2,4,6,11,13-14H,3,5,7-9H2.